The van der Waals surface area contributed by atoms with Gasteiger partial charge in [0.05, 0.1) is 0 Å². The first-order valence-electron chi connectivity index (χ1n) is 8.16. The van der Waals surface area contributed by atoms with Gasteiger partial charge in [-0.2, -0.15) is 0 Å². The van der Waals surface area contributed by atoms with Crippen molar-refractivity contribution in [3.63, 3.8) is 0 Å². The lowest BCUT2D eigenvalue weighted by molar-refractivity contribution is -0.119. The van der Waals surface area contributed by atoms with Crippen LogP contribution >= 0.6 is 11.6 Å². The van der Waals surface area contributed by atoms with Crippen molar-refractivity contribution in [2.75, 3.05) is 5.32 Å². The first-order chi connectivity index (χ1) is 11.7. The molecule has 0 radical (unpaired) electrons. The van der Waals surface area contributed by atoms with Crippen LogP contribution < -0.4 is 5.32 Å². The Balaban J connectivity index is 1.58. The molecule has 1 N–H and O–H groups in total. The quantitative estimate of drug-likeness (QED) is 0.706. The number of aromatic nitrogens is 1. The summed E-state index contributed by atoms with van der Waals surface area (Å²) < 4.78 is 5.79. The van der Waals surface area contributed by atoms with Crippen LogP contribution in [0.4, 0.5) is 5.69 Å². The van der Waals surface area contributed by atoms with Crippen LogP contribution in [0.15, 0.2) is 46.9 Å². The fraction of sp³-hybridized carbons (Fsp3) is 0.263. The summed E-state index contributed by atoms with van der Waals surface area (Å²) in [6.07, 6.45) is 4.26. The molecule has 0 aliphatic heterocycles. The van der Waals surface area contributed by atoms with Crippen LogP contribution in [0.3, 0.4) is 0 Å². The highest BCUT2D eigenvalue weighted by molar-refractivity contribution is 6.30. The summed E-state index contributed by atoms with van der Waals surface area (Å²) in [7, 11) is 0. The molecule has 4 nitrogen and oxygen atoms in total. The zero-order chi connectivity index (χ0) is 16.5. The highest BCUT2D eigenvalue weighted by Crippen LogP contribution is 2.29. The number of hydrogen-bond acceptors (Lipinski definition) is 3. The van der Waals surface area contributed by atoms with Gasteiger partial charge in [0.2, 0.25) is 11.8 Å². The molecule has 1 saturated carbocycles. The maximum atomic E-state index is 12.2. The minimum Gasteiger partial charge on any atom is -0.436 e. The molecule has 1 fully saturated rings. The van der Waals surface area contributed by atoms with Crippen molar-refractivity contribution in [3.8, 4) is 11.5 Å². The Hall–Kier alpha value is -2.33. The molecule has 1 amide bonds. The molecule has 0 atom stereocenters. The number of carbonyl (C=O) groups excluding carboxylic acids is 1. The van der Waals surface area contributed by atoms with Gasteiger partial charge in [0, 0.05) is 22.2 Å². The number of benzene rings is 2. The second-order valence-corrected chi connectivity index (χ2v) is 6.62. The van der Waals surface area contributed by atoms with Crippen molar-refractivity contribution in [3.05, 3.63) is 47.5 Å². The molecule has 0 unspecified atom stereocenters. The molecule has 1 aliphatic rings. The highest BCUT2D eigenvalue weighted by atomic mass is 35.5. The van der Waals surface area contributed by atoms with Crippen molar-refractivity contribution in [1.82, 2.24) is 4.98 Å². The van der Waals surface area contributed by atoms with E-state index in [2.05, 4.69) is 10.3 Å². The van der Waals surface area contributed by atoms with Crippen LogP contribution in [0.2, 0.25) is 5.02 Å². The third kappa shape index (κ3) is 3.02. The normalized spacial score (nSPS) is 15.0. The van der Waals surface area contributed by atoms with E-state index in [1.54, 1.807) is 12.1 Å². The molecule has 0 bridgehead atoms. The second-order valence-electron chi connectivity index (χ2n) is 6.18. The summed E-state index contributed by atoms with van der Waals surface area (Å²) in [6, 6.07) is 12.9. The predicted molar refractivity (Wildman–Crippen MR) is 95.0 cm³/mol. The van der Waals surface area contributed by atoms with E-state index in [4.69, 9.17) is 16.0 Å². The highest BCUT2D eigenvalue weighted by Gasteiger charge is 2.22. The average molecular weight is 341 g/mol. The SMILES string of the molecule is O=C(Nc1ccc2oc(-c3ccc(Cl)cc3)nc2c1)C1CCCC1. The largest absolute Gasteiger partial charge is 0.436 e. The number of nitrogens with zero attached hydrogens (tertiary/aromatic N) is 1. The van der Waals surface area contributed by atoms with Gasteiger partial charge in [0.1, 0.15) is 5.52 Å². The van der Waals surface area contributed by atoms with Crippen molar-refractivity contribution < 1.29 is 9.21 Å². The zero-order valence-electron chi connectivity index (χ0n) is 13.1. The smallest absolute Gasteiger partial charge is 0.227 e. The van der Waals surface area contributed by atoms with Crippen molar-refractivity contribution in [1.29, 1.82) is 0 Å². The van der Waals surface area contributed by atoms with E-state index >= 15 is 0 Å². The monoisotopic (exact) mass is 340 g/mol. The van der Waals surface area contributed by atoms with Crippen LogP contribution in [0.25, 0.3) is 22.6 Å². The number of rotatable bonds is 3. The Morgan fingerprint density at radius 2 is 1.88 bits per heavy atom. The maximum absolute atomic E-state index is 12.2. The fourth-order valence-corrected chi connectivity index (χ4v) is 3.28. The molecule has 3 aromatic rings. The van der Waals surface area contributed by atoms with Gasteiger partial charge in [-0.15, -0.1) is 0 Å². The van der Waals surface area contributed by atoms with Crippen LogP contribution in [0, 0.1) is 5.92 Å². The number of anilines is 1. The molecule has 2 aromatic carbocycles. The van der Waals surface area contributed by atoms with Gasteiger partial charge in [-0.25, -0.2) is 4.98 Å². The summed E-state index contributed by atoms with van der Waals surface area (Å²) in [6.45, 7) is 0. The Labute approximate surface area is 144 Å². The Morgan fingerprint density at radius 1 is 1.12 bits per heavy atom. The minimum absolute atomic E-state index is 0.105. The predicted octanol–water partition coefficient (Wildman–Crippen LogP) is 5.28. The lowest BCUT2D eigenvalue weighted by atomic mass is 10.1. The topological polar surface area (TPSA) is 55.1 Å². The summed E-state index contributed by atoms with van der Waals surface area (Å²) in [4.78, 5) is 16.8. The van der Waals surface area contributed by atoms with Gasteiger partial charge < -0.3 is 9.73 Å². The van der Waals surface area contributed by atoms with Crippen LogP contribution in [-0.4, -0.2) is 10.9 Å². The average Bonchev–Trinajstić information content (AvgIpc) is 3.24. The van der Waals surface area contributed by atoms with E-state index in [0.717, 1.165) is 42.5 Å². The molecule has 1 aliphatic carbocycles. The standard InChI is InChI=1S/C19H17ClN2O2/c20-14-7-5-13(6-8-14)19-22-16-11-15(9-10-17(16)24-19)21-18(23)12-3-1-2-4-12/h5-12H,1-4H2,(H,21,23). The number of fused-ring (bicyclic) bond motifs is 1. The molecule has 4 rings (SSSR count). The molecular weight excluding hydrogens is 324 g/mol. The van der Waals surface area contributed by atoms with E-state index in [9.17, 15) is 4.79 Å². The van der Waals surface area contributed by atoms with Gasteiger partial charge in [0.15, 0.2) is 5.58 Å². The number of halogens is 1. The first-order valence-corrected chi connectivity index (χ1v) is 8.54. The molecular formula is C19H17ClN2O2. The number of carbonyl (C=O) groups is 1. The molecule has 0 saturated heterocycles. The summed E-state index contributed by atoms with van der Waals surface area (Å²) >= 11 is 5.91. The van der Waals surface area contributed by atoms with E-state index in [-0.39, 0.29) is 11.8 Å². The van der Waals surface area contributed by atoms with Crippen molar-refractivity contribution >= 4 is 34.3 Å². The third-order valence-electron chi connectivity index (χ3n) is 4.47. The number of oxazole rings is 1. The molecule has 5 heteroatoms. The summed E-state index contributed by atoms with van der Waals surface area (Å²) in [5, 5.41) is 3.67. The molecule has 122 valence electrons. The number of amides is 1. The van der Waals surface area contributed by atoms with E-state index < -0.39 is 0 Å². The van der Waals surface area contributed by atoms with Gasteiger partial charge in [-0.1, -0.05) is 24.4 Å². The van der Waals surface area contributed by atoms with Gasteiger partial charge in [0.25, 0.3) is 0 Å². The van der Waals surface area contributed by atoms with Crippen LogP contribution in [0.1, 0.15) is 25.7 Å². The molecule has 1 aromatic heterocycles. The first kappa shape index (κ1) is 15.2. The summed E-state index contributed by atoms with van der Waals surface area (Å²) in [5.41, 5.74) is 3.05. The lowest BCUT2D eigenvalue weighted by Crippen LogP contribution is -2.20. The Kier molecular flexibility index (Phi) is 3.98. The summed E-state index contributed by atoms with van der Waals surface area (Å²) in [5.74, 6) is 0.789. The van der Waals surface area contributed by atoms with Crippen LogP contribution in [-0.2, 0) is 4.79 Å². The molecule has 1 heterocycles. The van der Waals surface area contributed by atoms with E-state index in [0.29, 0.717) is 16.5 Å². The molecule has 24 heavy (non-hydrogen) atoms. The van der Waals surface area contributed by atoms with E-state index in [1.807, 2.05) is 30.3 Å². The number of hydrogen-bond donors (Lipinski definition) is 1. The minimum atomic E-state index is 0.105. The second kappa shape index (κ2) is 6.29. The van der Waals surface area contributed by atoms with E-state index in [1.165, 1.54) is 0 Å². The van der Waals surface area contributed by atoms with Crippen molar-refractivity contribution in [2.24, 2.45) is 5.92 Å². The molecule has 0 spiro atoms. The third-order valence-corrected chi connectivity index (χ3v) is 4.72. The Morgan fingerprint density at radius 3 is 2.62 bits per heavy atom. The Bertz CT molecular complexity index is 880. The zero-order valence-corrected chi connectivity index (χ0v) is 13.8. The van der Waals surface area contributed by atoms with Gasteiger partial charge >= 0.3 is 0 Å². The van der Waals surface area contributed by atoms with Crippen molar-refractivity contribution in [2.45, 2.75) is 25.7 Å². The van der Waals surface area contributed by atoms with Gasteiger partial charge in [-0.05, 0) is 55.3 Å². The van der Waals surface area contributed by atoms with Gasteiger partial charge in [-0.3, -0.25) is 4.79 Å². The number of nitrogens with one attached hydrogen (secondary N) is 1. The fourth-order valence-electron chi connectivity index (χ4n) is 3.15. The lowest BCUT2D eigenvalue weighted by Gasteiger charge is -2.09. The maximum Gasteiger partial charge on any atom is 0.227 e. The van der Waals surface area contributed by atoms with Crippen LogP contribution in [0.5, 0.6) is 0 Å².